The highest BCUT2D eigenvalue weighted by molar-refractivity contribution is 5.53. The van der Waals surface area contributed by atoms with Crippen LogP contribution in [0.4, 0.5) is 4.39 Å². The number of nitrogens with one attached hydrogen (secondary N) is 1. The van der Waals surface area contributed by atoms with Gasteiger partial charge in [-0.15, -0.1) is 0 Å². The first-order chi connectivity index (χ1) is 9.78. The standard InChI is InChI=1S/C14H16FN3O2/c1-2-16-12-8-19-7-11(12)14-17-13(18-20-14)9-3-5-10(15)6-4-9/h3-6,11-12,16H,2,7-8H2,1H3. The molecule has 2 heterocycles. The van der Waals surface area contributed by atoms with Crippen molar-refractivity contribution in [1.82, 2.24) is 15.5 Å². The van der Waals surface area contributed by atoms with Gasteiger partial charge in [-0.25, -0.2) is 4.39 Å². The van der Waals surface area contributed by atoms with Gasteiger partial charge < -0.3 is 14.6 Å². The predicted molar refractivity (Wildman–Crippen MR) is 70.7 cm³/mol. The Morgan fingerprint density at radius 2 is 2.10 bits per heavy atom. The van der Waals surface area contributed by atoms with E-state index in [9.17, 15) is 4.39 Å². The van der Waals surface area contributed by atoms with Gasteiger partial charge in [-0.1, -0.05) is 12.1 Å². The number of likely N-dealkylation sites (N-methyl/N-ethyl adjacent to an activating group) is 1. The maximum absolute atomic E-state index is 12.9. The van der Waals surface area contributed by atoms with E-state index in [1.807, 2.05) is 6.92 Å². The molecule has 1 aliphatic heterocycles. The van der Waals surface area contributed by atoms with Crippen LogP contribution in [-0.2, 0) is 4.74 Å². The zero-order valence-electron chi connectivity index (χ0n) is 11.2. The number of hydrogen-bond donors (Lipinski definition) is 1. The summed E-state index contributed by atoms with van der Waals surface area (Å²) in [6, 6.07) is 6.23. The quantitative estimate of drug-likeness (QED) is 0.925. The molecule has 106 valence electrons. The smallest absolute Gasteiger partial charge is 0.234 e. The van der Waals surface area contributed by atoms with Crippen molar-refractivity contribution in [1.29, 1.82) is 0 Å². The first-order valence-electron chi connectivity index (χ1n) is 6.68. The lowest BCUT2D eigenvalue weighted by Gasteiger charge is -2.13. The van der Waals surface area contributed by atoms with Crippen molar-refractivity contribution < 1.29 is 13.7 Å². The van der Waals surface area contributed by atoms with Crippen LogP contribution in [0.3, 0.4) is 0 Å². The zero-order valence-corrected chi connectivity index (χ0v) is 11.2. The van der Waals surface area contributed by atoms with Crippen LogP contribution in [-0.4, -0.2) is 35.9 Å². The third-order valence-electron chi connectivity index (χ3n) is 3.41. The van der Waals surface area contributed by atoms with Crippen molar-refractivity contribution in [3.8, 4) is 11.4 Å². The van der Waals surface area contributed by atoms with Gasteiger partial charge in [-0.2, -0.15) is 4.98 Å². The molecular formula is C14H16FN3O2. The van der Waals surface area contributed by atoms with Gasteiger partial charge in [0, 0.05) is 11.6 Å². The molecule has 0 spiro atoms. The molecule has 20 heavy (non-hydrogen) atoms. The van der Waals surface area contributed by atoms with Crippen molar-refractivity contribution in [2.24, 2.45) is 0 Å². The Hall–Kier alpha value is -1.79. The second-order valence-corrected chi connectivity index (χ2v) is 4.77. The molecule has 1 aromatic carbocycles. The van der Waals surface area contributed by atoms with Crippen LogP contribution in [0.2, 0.25) is 0 Å². The van der Waals surface area contributed by atoms with E-state index in [2.05, 4.69) is 15.5 Å². The fourth-order valence-corrected chi connectivity index (χ4v) is 2.36. The maximum atomic E-state index is 12.9. The summed E-state index contributed by atoms with van der Waals surface area (Å²) in [4.78, 5) is 4.40. The van der Waals surface area contributed by atoms with E-state index in [0.717, 1.165) is 12.1 Å². The van der Waals surface area contributed by atoms with Crippen LogP contribution in [0.25, 0.3) is 11.4 Å². The highest BCUT2D eigenvalue weighted by Crippen LogP contribution is 2.26. The summed E-state index contributed by atoms with van der Waals surface area (Å²) in [5.74, 6) is 0.820. The number of ether oxygens (including phenoxy) is 1. The summed E-state index contributed by atoms with van der Waals surface area (Å²) in [6.45, 7) is 4.13. The molecule has 0 saturated carbocycles. The Bertz CT molecular complexity index is 570. The number of nitrogens with zero attached hydrogens (tertiary/aromatic N) is 2. The van der Waals surface area contributed by atoms with Crippen LogP contribution < -0.4 is 5.32 Å². The fourth-order valence-electron chi connectivity index (χ4n) is 2.36. The Kier molecular flexibility index (Phi) is 3.75. The molecule has 0 aliphatic carbocycles. The highest BCUT2D eigenvalue weighted by atomic mass is 19.1. The van der Waals surface area contributed by atoms with E-state index in [1.165, 1.54) is 12.1 Å². The second-order valence-electron chi connectivity index (χ2n) is 4.77. The molecule has 0 bridgehead atoms. The second kappa shape index (κ2) is 5.68. The van der Waals surface area contributed by atoms with Gasteiger partial charge in [0.1, 0.15) is 5.82 Å². The molecule has 1 aliphatic rings. The van der Waals surface area contributed by atoms with E-state index in [-0.39, 0.29) is 17.8 Å². The summed E-state index contributed by atoms with van der Waals surface area (Å²) in [5.41, 5.74) is 0.736. The molecule has 1 fully saturated rings. The van der Waals surface area contributed by atoms with Gasteiger partial charge in [0.25, 0.3) is 0 Å². The Labute approximate surface area is 116 Å². The van der Waals surface area contributed by atoms with Gasteiger partial charge in [-0.3, -0.25) is 0 Å². The van der Waals surface area contributed by atoms with Crippen molar-refractivity contribution >= 4 is 0 Å². The van der Waals surface area contributed by atoms with Gasteiger partial charge >= 0.3 is 0 Å². The molecule has 0 radical (unpaired) electrons. The number of halogens is 1. The lowest BCUT2D eigenvalue weighted by molar-refractivity contribution is 0.185. The van der Waals surface area contributed by atoms with Crippen molar-refractivity contribution in [2.75, 3.05) is 19.8 Å². The highest BCUT2D eigenvalue weighted by Gasteiger charge is 2.33. The van der Waals surface area contributed by atoms with Crippen LogP contribution in [0.15, 0.2) is 28.8 Å². The normalized spacial score (nSPS) is 22.3. The van der Waals surface area contributed by atoms with Crippen LogP contribution in [0, 0.1) is 5.82 Å². The van der Waals surface area contributed by atoms with Gasteiger partial charge in [0.05, 0.1) is 19.1 Å². The van der Waals surface area contributed by atoms with E-state index in [0.29, 0.717) is 24.9 Å². The number of benzene rings is 1. The largest absolute Gasteiger partial charge is 0.379 e. The topological polar surface area (TPSA) is 60.2 Å². The SMILES string of the molecule is CCNC1COCC1c1nc(-c2ccc(F)cc2)no1. The molecule has 1 N–H and O–H groups in total. The summed E-state index contributed by atoms with van der Waals surface area (Å²) >= 11 is 0. The Morgan fingerprint density at radius 3 is 2.85 bits per heavy atom. The minimum atomic E-state index is -0.283. The van der Waals surface area contributed by atoms with E-state index >= 15 is 0 Å². The minimum absolute atomic E-state index is 0.0663. The van der Waals surface area contributed by atoms with Gasteiger partial charge in [-0.05, 0) is 30.8 Å². The molecule has 1 aromatic heterocycles. The lowest BCUT2D eigenvalue weighted by atomic mass is 10.0. The number of rotatable bonds is 4. The maximum Gasteiger partial charge on any atom is 0.234 e. The molecule has 2 atom stereocenters. The summed E-state index contributed by atoms with van der Waals surface area (Å²) < 4.78 is 23.7. The van der Waals surface area contributed by atoms with E-state index in [1.54, 1.807) is 12.1 Å². The summed E-state index contributed by atoms with van der Waals surface area (Å²) in [7, 11) is 0. The summed E-state index contributed by atoms with van der Waals surface area (Å²) in [6.07, 6.45) is 0. The van der Waals surface area contributed by atoms with Crippen LogP contribution in [0.5, 0.6) is 0 Å². The molecule has 6 heteroatoms. The third-order valence-corrected chi connectivity index (χ3v) is 3.41. The van der Waals surface area contributed by atoms with Crippen molar-refractivity contribution in [3.63, 3.8) is 0 Å². The molecule has 1 saturated heterocycles. The van der Waals surface area contributed by atoms with Crippen LogP contribution >= 0.6 is 0 Å². The number of aromatic nitrogens is 2. The molecule has 0 amide bonds. The first kappa shape index (κ1) is 13.2. The average Bonchev–Trinajstić information content (AvgIpc) is 3.08. The Morgan fingerprint density at radius 1 is 1.30 bits per heavy atom. The van der Waals surface area contributed by atoms with E-state index < -0.39 is 0 Å². The fraction of sp³-hybridized carbons (Fsp3) is 0.429. The lowest BCUT2D eigenvalue weighted by Crippen LogP contribution is -2.34. The molecule has 2 aromatic rings. The minimum Gasteiger partial charge on any atom is -0.379 e. The average molecular weight is 277 g/mol. The third kappa shape index (κ3) is 2.57. The zero-order chi connectivity index (χ0) is 13.9. The van der Waals surface area contributed by atoms with Crippen molar-refractivity contribution in [3.05, 3.63) is 36.0 Å². The van der Waals surface area contributed by atoms with Gasteiger partial charge in [0.15, 0.2) is 0 Å². The first-order valence-corrected chi connectivity index (χ1v) is 6.68. The van der Waals surface area contributed by atoms with Crippen LogP contribution in [0.1, 0.15) is 18.7 Å². The summed E-state index contributed by atoms with van der Waals surface area (Å²) in [5, 5.41) is 7.31. The Balaban J connectivity index is 1.81. The van der Waals surface area contributed by atoms with Gasteiger partial charge in [0.2, 0.25) is 11.7 Å². The van der Waals surface area contributed by atoms with E-state index in [4.69, 9.17) is 9.26 Å². The number of hydrogen-bond acceptors (Lipinski definition) is 5. The molecule has 2 unspecified atom stereocenters. The molecule has 5 nitrogen and oxygen atoms in total. The predicted octanol–water partition coefficient (Wildman–Crippen LogP) is 1.97. The monoisotopic (exact) mass is 277 g/mol. The molecule has 3 rings (SSSR count). The molecular weight excluding hydrogens is 261 g/mol. The van der Waals surface area contributed by atoms with Crippen molar-refractivity contribution in [2.45, 2.75) is 18.9 Å².